The van der Waals surface area contributed by atoms with Crippen LogP contribution in [0.2, 0.25) is 0 Å². The molecular formula is C24H28N4O. The van der Waals surface area contributed by atoms with E-state index < -0.39 is 5.54 Å². The van der Waals surface area contributed by atoms with E-state index in [1.165, 1.54) is 5.56 Å². The predicted molar refractivity (Wildman–Crippen MR) is 115 cm³/mol. The van der Waals surface area contributed by atoms with Gasteiger partial charge in [-0.15, -0.1) is 0 Å². The van der Waals surface area contributed by atoms with Gasteiger partial charge in [-0.3, -0.25) is 20.1 Å². The number of aryl methyl sites for hydroxylation is 3. The number of carbonyl (C=O) groups excluding carboxylic acids is 1. The molecule has 2 heterocycles. The lowest BCUT2D eigenvalue weighted by Crippen LogP contribution is -2.54. The van der Waals surface area contributed by atoms with Gasteiger partial charge in [0, 0.05) is 31.3 Å². The molecule has 3 aromatic rings. The molecule has 0 saturated carbocycles. The van der Waals surface area contributed by atoms with Crippen molar-refractivity contribution >= 4 is 5.91 Å². The van der Waals surface area contributed by atoms with Gasteiger partial charge in [0.2, 0.25) is 5.91 Å². The van der Waals surface area contributed by atoms with Gasteiger partial charge in [-0.05, 0) is 73.6 Å². The number of nitrogens with one attached hydrogen (secondary N) is 1. The number of nitrogens with two attached hydrogens (primary N) is 1. The van der Waals surface area contributed by atoms with Crippen molar-refractivity contribution in [3.8, 4) is 0 Å². The Morgan fingerprint density at radius 1 is 1.00 bits per heavy atom. The molecule has 0 saturated heterocycles. The largest absolute Gasteiger partial charge is 0.368 e. The van der Waals surface area contributed by atoms with Crippen LogP contribution in [0.5, 0.6) is 0 Å². The zero-order valence-corrected chi connectivity index (χ0v) is 17.1. The van der Waals surface area contributed by atoms with E-state index in [2.05, 4.69) is 33.5 Å². The molecule has 1 atom stereocenters. The van der Waals surface area contributed by atoms with Crippen LogP contribution in [-0.4, -0.2) is 22.4 Å². The van der Waals surface area contributed by atoms with Gasteiger partial charge in [-0.2, -0.15) is 0 Å². The van der Waals surface area contributed by atoms with Crippen molar-refractivity contribution < 1.29 is 4.79 Å². The minimum atomic E-state index is -0.945. The number of hydrogen-bond acceptors (Lipinski definition) is 4. The number of primary amides is 1. The SMILES string of the molecule is Cc1ccc(C)c(C(CCc2cccnc2)(NCCc2ccncc2)C(N)=O)c1. The van der Waals surface area contributed by atoms with E-state index in [9.17, 15) is 4.79 Å². The average molecular weight is 389 g/mol. The smallest absolute Gasteiger partial charge is 0.242 e. The van der Waals surface area contributed by atoms with Crippen LogP contribution in [0.15, 0.2) is 67.3 Å². The van der Waals surface area contributed by atoms with Gasteiger partial charge in [0.25, 0.3) is 0 Å². The van der Waals surface area contributed by atoms with Crippen LogP contribution in [0, 0.1) is 13.8 Å². The molecule has 0 aliphatic carbocycles. The highest BCUT2D eigenvalue weighted by Crippen LogP contribution is 2.30. The fourth-order valence-corrected chi connectivity index (χ4v) is 3.70. The van der Waals surface area contributed by atoms with Crippen LogP contribution in [0.25, 0.3) is 0 Å². The Hall–Kier alpha value is -3.05. The maximum Gasteiger partial charge on any atom is 0.242 e. The molecule has 1 amide bonds. The molecule has 5 nitrogen and oxygen atoms in total. The molecule has 2 aromatic heterocycles. The molecule has 0 fully saturated rings. The van der Waals surface area contributed by atoms with Gasteiger partial charge in [-0.1, -0.05) is 29.8 Å². The van der Waals surface area contributed by atoms with Gasteiger partial charge in [0.05, 0.1) is 0 Å². The lowest BCUT2D eigenvalue weighted by Gasteiger charge is -2.34. The van der Waals surface area contributed by atoms with E-state index in [4.69, 9.17) is 5.73 Å². The summed E-state index contributed by atoms with van der Waals surface area (Å²) >= 11 is 0. The zero-order valence-electron chi connectivity index (χ0n) is 17.1. The molecule has 0 spiro atoms. The minimum absolute atomic E-state index is 0.357. The molecular weight excluding hydrogens is 360 g/mol. The first-order chi connectivity index (χ1) is 14.0. The molecule has 1 aromatic carbocycles. The lowest BCUT2D eigenvalue weighted by atomic mass is 9.80. The number of aromatic nitrogens is 2. The van der Waals surface area contributed by atoms with Crippen LogP contribution in [0.4, 0.5) is 0 Å². The lowest BCUT2D eigenvalue weighted by molar-refractivity contribution is -0.125. The molecule has 0 aliphatic rings. The highest BCUT2D eigenvalue weighted by atomic mass is 16.1. The third-order valence-corrected chi connectivity index (χ3v) is 5.37. The highest BCUT2D eigenvalue weighted by molar-refractivity contribution is 5.86. The molecule has 3 rings (SSSR count). The fourth-order valence-electron chi connectivity index (χ4n) is 3.70. The predicted octanol–water partition coefficient (Wildman–Crippen LogP) is 3.24. The monoisotopic (exact) mass is 388 g/mol. The van der Waals surface area contributed by atoms with E-state index in [0.717, 1.165) is 28.7 Å². The van der Waals surface area contributed by atoms with Crippen LogP contribution in [-0.2, 0) is 23.2 Å². The summed E-state index contributed by atoms with van der Waals surface area (Å²) in [6, 6.07) is 14.1. The molecule has 0 aliphatic heterocycles. The zero-order chi connectivity index (χ0) is 20.7. The number of pyridine rings is 2. The number of carbonyl (C=O) groups is 1. The van der Waals surface area contributed by atoms with Crippen molar-refractivity contribution in [1.82, 2.24) is 15.3 Å². The number of rotatable bonds is 9. The summed E-state index contributed by atoms with van der Waals surface area (Å²) in [5.41, 5.74) is 10.4. The van der Waals surface area contributed by atoms with Crippen molar-refractivity contribution in [1.29, 1.82) is 0 Å². The Morgan fingerprint density at radius 2 is 1.79 bits per heavy atom. The third kappa shape index (κ3) is 5.06. The standard InChI is InChI=1S/C24H28N4O/c1-18-5-6-19(2)22(16-18)24(23(25)29,11-7-21-4-3-12-27-17-21)28-15-10-20-8-13-26-14-9-20/h3-6,8-9,12-14,16-17,28H,7,10-11,15H2,1-2H3,(H2,25,29). The number of hydrogen-bond donors (Lipinski definition) is 2. The van der Waals surface area contributed by atoms with E-state index in [1.807, 2.05) is 44.3 Å². The first-order valence-corrected chi connectivity index (χ1v) is 9.92. The molecule has 0 bridgehead atoms. The summed E-state index contributed by atoms with van der Waals surface area (Å²) in [6.45, 7) is 4.70. The van der Waals surface area contributed by atoms with Crippen molar-refractivity contribution in [3.63, 3.8) is 0 Å². The average Bonchev–Trinajstić information content (AvgIpc) is 2.74. The number of amides is 1. The normalized spacial score (nSPS) is 13.0. The summed E-state index contributed by atoms with van der Waals surface area (Å²) < 4.78 is 0. The Morgan fingerprint density at radius 3 is 2.48 bits per heavy atom. The van der Waals surface area contributed by atoms with Crippen molar-refractivity contribution in [2.75, 3.05) is 6.54 Å². The summed E-state index contributed by atoms with van der Waals surface area (Å²) in [4.78, 5) is 21.1. The van der Waals surface area contributed by atoms with Crippen LogP contribution in [0.1, 0.15) is 34.2 Å². The third-order valence-electron chi connectivity index (χ3n) is 5.37. The first kappa shape index (κ1) is 20.7. The van der Waals surface area contributed by atoms with Crippen molar-refractivity contribution in [2.24, 2.45) is 5.73 Å². The number of nitrogens with zero attached hydrogens (tertiary/aromatic N) is 2. The summed E-state index contributed by atoms with van der Waals surface area (Å²) in [7, 11) is 0. The molecule has 1 unspecified atom stereocenters. The summed E-state index contributed by atoms with van der Waals surface area (Å²) in [5, 5.41) is 3.52. The van der Waals surface area contributed by atoms with Gasteiger partial charge >= 0.3 is 0 Å². The van der Waals surface area contributed by atoms with Crippen LogP contribution >= 0.6 is 0 Å². The maximum absolute atomic E-state index is 12.9. The Balaban J connectivity index is 1.90. The van der Waals surface area contributed by atoms with E-state index in [1.54, 1.807) is 18.6 Å². The Kier molecular flexibility index (Phi) is 6.73. The topological polar surface area (TPSA) is 80.9 Å². The van der Waals surface area contributed by atoms with E-state index >= 15 is 0 Å². The second kappa shape index (κ2) is 9.43. The van der Waals surface area contributed by atoms with Crippen LogP contribution in [0.3, 0.4) is 0 Å². The minimum Gasteiger partial charge on any atom is -0.368 e. The number of benzene rings is 1. The molecule has 0 radical (unpaired) electrons. The van der Waals surface area contributed by atoms with Gasteiger partial charge in [-0.25, -0.2) is 0 Å². The van der Waals surface area contributed by atoms with Gasteiger partial charge in [0.15, 0.2) is 0 Å². The summed E-state index contributed by atoms with van der Waals surface area (Å²) in [6.07, 6.45) is 9.21. The van der Waals surface area contributed by atoms with Crippen molar-refractivity contribution in [2.45, 2.75) is 38.6 Å². The first-order valence-electron chi connectivity index (χ1n) is 9.92. The van der Waals surface area contributed by atoms with E-state index in [-0.39, 0.29) is 5.91 Å². The van der Waals surface area contributed by atoms with Gasteiger partial charge in [0.1, 0.15) is 5.54 Å². The van der Waals surface area contributed by atoms with E-state index in [0.29, 0.717) is 19.4 Å². The summed E-state index contributed by atoms with van der Waals surface area (Å²) in [5.74, 6) is -0.357. The van der Waals surface area contributed by atoms with Crippen LogP contribution < -0.4 is 11.1 Å². The molecule has 3 N–H and O–H groups in total. The van der Waals surface area contributed by atoms with Crippen molar-refractivity contribution in [3.05, 3.63) is 95.1 Å². The molecule has 29 heavy (non-hydrogen) atoms. The second-order valence-electron chi connectivity index (χ2n) is 7.48. The highest BCUT2D eigenvalue weighted by Gasteiger charge is 2.38. The van der Waals surface area contributed by atoms with Gasteiger partial charge < -0.3 is 5.73 Å². The Labute approximate surface area is 172 Å². The molecule has 5 heteroatoms. The Bertz CT molecular complexity index is 944. The maximum atomic E-state index is 12.9. The molecule has 150 valence electrons. The quantitative estimate of drug-likeness (QED) is 0.590. The second-order valence-corrected chi connectivity index (χ2v) is 7.48. The fraction of sp³-hybridized carbons (Fsp3) is 0.292.